The fourth-order valence-corrected chi connectivity index (χ4v) is 2.61. The normalized spacial score (nSPS) is 15.8. The first-order valence-corrected chi connectivity index (χ1v) is 6.57. The number of nitrogens with zero attached hydrogens (tertiary/aromatic N) is 2. The van der Waals surface area contributed by atoms with Gasteiger partial charge in [0.25, 0.3) is 0 Å². The molecule has 88 valence electrons. The average molecular weight is 239 g/mol. The van der Waals surface area contributed by atoms with Gasteiger partial charge in [0, 0.05) is 30.6 Å². The highest BCUT2D eigenvalue weighted by Gasteiger charge is 2.20. The number of aromatic nitrogens is 1. The van der Waals surface area contributed by atoms with Crippen LogP contribution in [-0.4, -0.2) is 28.9 Å². The van der Waals surface area contributed by atoms with Gasteiger partial charge in [-0.25, -0.2) is 4.98 Å². The van der Waals surface area contributed by atoms with Gasteiger partial charge in [0.05, 0.1) is 6.54 Å². The maximum Gasteiger partial charge on any atom is 0.222 e. The largest absolute Gasteiger partial charge is 0.362 e. The second-order valence-corrected chi connectivity index (χ2v) is 5.09. The first-order chi connectivity index (χ1) is 7.79. The molecule has 0 bridgehead atoms. The van der Waals surface area contributed by atoms with Crippen molar-refractivity contribution in [3.63, 3.8) is 0 Å². The minimum Gasteiger partial charge on any atom is -0.362 e. The zero-order chi connectivity index (χ0) is 11.4. The number of anilines is 1. The highest BCUT2D eigenvalue weighted by molar-refractivity contribution is 7.15. The maximum absolute atomic E-state index is 11.5. The van der Waals surface area contributed by atoms with E-state index in [1.165, 1.54) is 0 Å². The number of rotatable bonds is 5. The first kappa shape index (κ1) is 11.4. The molecule has 0 aliphatic carbocycles. The van der Waals surface area contributed by atoms with Crippen LogP contribution in [0.1, 0.15) is 31.1 Å². The number of thiazole rings is 1. The van der Waals surface area contributed by atoms with Crippen LogP contribution in [-0.2, 0) is 11.3 Å². The molecule has 0 spiro atoms. The molecule has 0 saturated carbocycles. The Kier molecular flexibility index (Phi) is 3.77. The number of hydrogen-bond donors (Lipinski definition) is 1. The van der Waals surface area contributed by atoms with Crippen molar-refractivity contribution in [3.05, 3.63) is 11.1 Å². The topological polar surface area (TPSA) is 45.2 Å². The van der Waals surface area contributed by atoms with E-state index in [1.807, 2.05) is 11.1 Å². The second kappa shape index (κ2) is 5.30. The molecule has 2 rings (SSSR count). The first-order valence-electron chi connectivity index (χ1n) is 5.76. The van der Waals surface area contributed by atoms with Crippen molar-refractivity contribution in [2.45, 2.75) is 32.7 Å². The summed E-state index contributed by atoms with van der Waals surface area (Å²) in [6.45, 7) is 4.71. The third-order valence-corrected chi connectivity index (χ3v) is 3.54. The van der Waals surface area contributed by atoms with Crippen molar-refractivity contribution < 1.29 is 4.79 Å². The lowest BCUT2D eigenvalue weighted by Gasteiger charge is -2.13. The lowest BCUT2D eigenvalue weighted by Crippen LogP contribution is -2.23. The molecule has 0 unspecified atom stereocenters. The van der Waals surface area contributed by atoms with Gasteiger partial charge in [0.15, 0.2) is 5.13 Å². The van der Waals surface area contributed by atoms with E-state index in [9.17, 15) is 4.79 Å². The van der Waals surface area contributed by atoms with Gasteiger partial charge >= 0.3 is 0 Å². The Morgan fingerprint density at radius 1 is 1.62 bits per heavy atom. The van der Waals surface area contributed by atoms with Gasteiger partial charge in [-0.15, -0.1) is 11.3 Å². The van der Waals surface area contributed by atoms with E-state index >= 15 is 0 Å². The quantitative estimate of drug-likeness (QED) is 0.855. The van der Waals surface area contributed by atoms with E-state index in [1.54, 1.807) is 11.3 Å². The molecule has 0 atom stereocenters. The summed E-state index contributed by atoms with van der Waals surface area (Å²) in [5, 5.41) is 4.22. The Hall–Kier alpha value is -1.10. The molecule has 5 heteroatoms. The van der Waals surface area contributed by atoms with Crippen LogP contribution in [0.25, 0.3) is 0 Å². The Labute approximate surface area is 99.7 Å². The van der Waals surface area contributed by atoms with Crippen LogP contribution in [0.2, 0.25) is 0 Å². The molecule has 4 nitrogen and oxygen atoms in total. The monoisotopic (exact) mass is 239 g/mol. The molecular formula is C11H17N3OS. The number of nitrogens with one attached hydrogen (secondary N) is 1. The summed E-state index contributed by atoms with van der Waals surface area (Å²) >= 11 is 1.65. The molecule has 1 aromatic heterocycles. The van der Waals surface area contributed by atoms with Crippen molar-refractivity contribution in [2.24, 2.45) is 0 Å². The van der Waals surface area contributed by atoms with Crippen LogP contribution in [0.15, 0.2) is 6.20 Å². The van der Waals surface area contributed by atoms with Crippen LogP contribution in [0, 0.1) is 0 Å². The molecule has 1 aliphatic rings. The molecule has 16 heavy (non-hydrogen) atoms. The molecule has 0 aromatic carbocycles. The molecule has 1 saturated heterocycles. The van der Waals surface area contributed by atoms with Crippen molar-refractivity contribution in [2.75, 3.05) is 18.4 Å². The fraction of sp³-hybridized carbons (Fsp3) is 0.636. The summed E-state index contributed by atoms with van der Waals surface area (Å²) in [6, 6.07) is 0. The summed E-state index contributed by atoms with van der Waals surface area (Å²) in [6.07, 6.45) is 4.67. The number of carbonyl (C=O) groups excluding carboxylic acids is 1. The minimum atomic E-state index is 0.275. The summed E-state index contributed by atoms with van der Waals surface area (Å²) < 4.78 is 0. The Bertz CT molecular complexity index is 364. The third kappa shape index (κ3) is 2.72. The standard InChI is InChI=1S/C11H17N3OS/c1-2-5-12-11-13-7-9(16-11)8-14-6-3-4-10(14)15/h7H,2-6,8H2,1H3,(H,12,13). The summed E-state index contributed by atoms with van der Waals surface area (Å²) in [7, 11) is 0. The fourth-order valence-electron chi connectivity index (χ4n) is 1.75. The van der Waals surface area contributed by atoms with Crippen molar-refractivity contribution >= 4 is 22.4 Å². The zero-order valence-corrected chi connectivity index (χ0v) is 10.3. The minimum absolute atomic E-state index is 0.275. The number of carbonyl (C=O) groups is 1. The van der Waals surface area contributed by atoms with Crippen molar-refractivity contribution in [1.82, 2.24) is 9.88 Å². The van der Waals surface area contributed by atoms with E-state index in [-0.39, 0.29) is 5.91 Å². The van der Waals surface area contributed by atoms with Crippen LogP contribution < -0.4 is 5.32 Å². The van der Waals surface area contributed by atoms with E-state index in [0.717, 1.165) is 42.5 Å². The van der Waals surface area contributed by atoms with Gasteiger partial charge in [0.2, 0.25) is 5.91 Å². The van der Waals surface area contributed by atoms with Crippen LogP contribution in [0.5, 0.6) is 0 Å². The molecule has 1 fully saturated rings. The Morgan fingerprint density at radius 2 is 2.50 bits per heavy atom. The number of amides is 1. The van der Waals surface area contributed by atoms with Gasteiger partial charge in [0.1, 0.15) is 0 Å². The van der Waals surface area contributed by atoms with E-state index < -0.39 is 0 Å². The van der Waals surface area contributed by atoms with E-state index in [2.05, 4.69) is 17.2 Å². The van der Waals surface area contributed by atoms with Gasteiger partial charge in [-0.3, -0.25) is 4.79 Å². The highest BCUT2D eigenvalue weighted by atomic mass is 32.1. The molecule has 1 amide bonds. The predicted octanol–water partition coefficient (Wildman–Crippen LogP) is 2.09. The molecule has 1 aromatic rings. The summed E-state index contributed by atoms with van der Waals surface area (Å²) in [5.74, 6) is 0.275. The smallest absolute Gasteiger partial charge is 0.222 e. The predicted molar refractivity (Wildman–Crippen MR) is 65.5 cm³/mol. The molecular weight excluding hydrogens is 222 g/mol. The Morgan fingerprint density at radius 3 is 3.19 bits per heavy atom. The molecule has 2 heterocycles. The second-order valence-electron chi connectivity index (χ2n) is 3.98. The van der Waals surface area contributed by atoms with Gasteiger partial charge < -0.3 is 10.2 Å². The van der Waals surface area contributed by atoms with Crippen LogP contribution in [0.4, 0.5) is 5.13 Å². The molecule has 1 N–H and O–H groups in total. The van der Waals surface area contributed by atoms with Gasteiger partial charge in [-0.05, 0) is 12.8 Å². The zero-order valence-electron chi connectivity index (χ0n) is 9.53. The molecule has 0 radical (unpaired) electrons. The van der Waals surface area contributed by atoms with Gasteiger partial charge in [-0.2, -0.15) is 0 Å². The highest BCUT2D eigenvalue weighted by Crippen LogP contribution is 2.21. The Balaban J connectivity index is 1.89. The maximum atomic E-state index is 11.5. The van der Waals surface area contributed by atoms with E-state index in [0.29, 0.717) is 6.42 Å². The summed E-state index contributed by atoms with van der Waals surface area (Å²) in [4.78, 5) is 18.8. The van der Waals surface area contributed by atoms with Crippen LogP contribution >= 0.6 is 11.3 Å². The van der Waals surface area contributed by atoms with Gasteiger partial charge in [-0.1, -0.05) is 6.92 Å². The average Bonchev–Trinajstić information content (AvgIpc) is 2.87. The van der Waals surface area contributed by atoms with Crippen molar-refractivity contribution in [1.29, 1.82) is 0 Å². The SMILES string of the molecule is CCCNc1ncc(CN2CCCC2=O)s1. The lowest BCUT2D eigenvalue weighted by atomic mass is 10.4. The third-order valence-electron chi connectivity index (χ3n) is 2.60. The number of likely N-dealkylation sites (tertiary alicyclic amines) is 1. The van der Waals surface area contributed by atoms with Crippen LogP contribution in [0.3, 0.4) is 0 Å². The van der Waals surface area contributed by atoms with Crippen molar-refractivity contribution in [3.8, 4) is 0 Å². The lowest BCUT2D eigenvalue weighted by molar-refractivity contribution is -0.128. The summed E-state index contributed by atoms with van der Waals surface area (Å²) in [5.41, 5.74) is 0. The molecule has 1 aliphatic heterocycles. The number of hydrogen-bond acceptors (Lipinski definition) is 4. The van der Waals surface area contributed by atoms with E-state index in [4.69, 9.17) is 0 Å².